The quantitative estimate of drug-likeness (QED) is 0.674. The minimum absolute atomic E-state index is 0.0608. The molecule has 2 aromatic heterocycles. The molecule has 0 unspecified atom stereocenters. The van der Waals surface area contributed by atoms with Crippen LogP contribution in [0.3, 0.4) is 0 Å². The summed E-state index contributed by atoms with van der Waals surface area (Å²) >= 11 is 0. The zero-order valence-electron chi connectivity index (χ0n) is 14.4. The van der Waals surface area contributed by atoms with Crippen LogP contribution in [-0.2, 0) is 10.0 Å². The van der Waals surface area contributed by atoms with E-state index in [0.717, 1.165) is 17.8 Å². The van der Waals surface area contributed by atoms with E-state index in [2.05, 4.69) is 20.2 Å². The van der Waals surface area contributed by atoms with Gasteiger partial charge in [-0.15, -0.1) is 10.2 Å². The topological polar surface area (TPSA) is 102 Å². The number of nitrogens with zero attached hydrogens (tertiary/aromatic N) is 5. The Morgan fingerprint density at radius 2 is 1.93 bits per heavy atom. The van der Waals surface area contributed by atoms with Gasteiger partial charge in [0.25, 0.3) is 5.89 Å². The molecule has 3 aromatic rings. The highest BCUT2D eigenvalue weighted by Gasteiger charge is 2.35. The zero-order chi connectivity index (χ0) is 19.0. The molecule has 10 heteroatoms. The molecule has 0 radical (unpaired) electrons. The third-order valence-electron chi connectivity index (χ3n) is 4.39. The minimum Gasteiger partial charge on any atom is -0.419 e. The lowest BCUT2D eigenvalue weighted by atomic mass is 10.1. The van der Waals surface area contributed by atoms with E-state index < -0.39 is 15.8 Å². The van der Waals surface area contributed by atoms with Gasteiger partial charge in [0.2, 0.25) is 15.9 Å². The molecule has 1 aliphatic heterocycles. The summed E-state index contributed by atoms with van der Waals surface area (Å²) in [6.45, 7) is 2.37. The third kappa shape index (κ3) is 3.45. The number of hydrogen-bond acceptors (Lipinski definition) is 7. The molecule has 0 amide bonds. The smallest absolute Gasteiger partial charge is 0.267 e. The summed E-state index contributed by atoms with van der Waals surface area (Å²) in [6.07, 6.45) is 3.71. The van der Waals surface area contributed by atoms with Crippen LogP contribution < -0.4 is 0 Å². The molecular formula is C17H16FN5O3S. The number of benzene rings is 1. The van der Waals surface area contributed by atoms with E-state index in [0.29, 0.717) is 24.6 Å². The second-order valence-corrected chi connectivity index (χ2v) is 8.23. The standard InChI is InChI=1S/C17H16FN5O3S/c1-11-8-20-15(9-19-11)17-22-21-16(26-17)12-6-7-23(10-12)27(24,25)14-4-2-13(18)3-5-14/h2-5,8-9,12H,6-7,10H2,1H3/t12-/m1/s1. The van der Waals surface area contributed by atoms with Gasteiger partial charge in [-0.05, 0) is 37.6 Å². The maximum atomic E-state index is 13.1. The maximum absolute atomic E-state index is 13.1. The molecule has 3 heterocycles. The molecule has 0 bridgehead atoms. The normalized spacial score (nSPS) is 18.1. The number of aryl methyl sites for hydroxylation is 1. The van der Waals surface area contributed by atoms with Crippen LogP contribution in [0.15, 0.2) is 46.0 Å². The highest BCUT2D eigenvalue weighted by molar-refractivity contribution is 7.89. The van der Waals surface area contributed by atoms with Crippen molar-refractivity contribution >= 4 is 10.0 Å². The Morgan fingerprint density at radius 3 is 2.63 bits per heavy atom. The SMILES string of the molecule is Cc1cnc(-c2nnc([C@@H]3CCN(S(=O)(=O)c4ccc(F)cc4)C3)o2)cn1. The van der Waals surface area contributed by atoms with E-state index in [1.807, 2.05) is 6.92 Å². The van der Waals surface area contributed by atoms with Crippen LogP contribution in [0.2, 0.25) is 0 Å². The molecule has 1 fully saturated rings. The van der Waals surface area contributed by atoms with Crippen LogP contribution in [0.25, 0.3) is 11.6 Å². The summed E-state index contributed by atoms with van der Waals surface area (Å²) < 4.78 is 45.5. The van der Waals surface area contributed by atoms with Crippen LogP contribution >= 0.6 is 0 Å². The maximum Gasteiger partial charge on any atom is 0.267 e. The third-order valence-corrected chi connectivity index (χ3v) is 6.27. The Bertz CT molecular complexity index is 1050. The first-order valence-corrected chi connectivity index (χ1v) is 9.75. The summed E-state index contributed by atoms with van der Waals surface area (Å²) in [7, 11) is -3.69. The van der Waals surface area contributed by atoms with E-state index >= 15 is 0 Å². The Balaban J connectivity index is 1.51. The zero-order valence-corrected chi connectivity index (χ0v) is 15.2. The average Bonchev–Trinajstić information content (AvgIpc) is 3.32. The lowest BCUT2D eigenvalue weighted by Crippen LogP contribution is -2.28. The molecule has 0 spiro atoms. The van der Waals surface area contributed by atoms with Gasteiger partial charge in [-0.25, -0.2) is 17.8 Å². The largest absolute Gasteiger partial charge is 0.419 e. The highest BCUT2D eigenvalue weighted by atomic mass is 32.2. The Morgan fingerprint density at radius 1 is 1.15 bits per heavy atom. The van der Waals surface area contributed by atoms with Crippen molar-refractivity contribution in [1.82, 2.24) is 24.5 Å². The first-order valence-electron chi connectivity index (χ1n) is 8.31. The van der Waals surface area contributed by atoms with Gasteiger partial charge in [-0.3, -0.25) is 4.98 Å². The second-order valence-electron chi connectivity index (χ2n) is 6.29. The number of hydrogen-bond donors (Lipinski definition) is 0. The van der Waals surface area contributed by atoms with Crippen LogP contribution in [0, 0.1) is 12.7 Å². The van der Waals surface area contributed by atoms with E-state index in [1.165, 1.54) is 16.4 Å². The fraction of sp³-hybridized carbons (Fsp3) is 0.294. The van der Waals surface area contributed by atoms with Gasteiger partial charge in [-0.2, -0.15) is 4.31 Å². The van der Waals surface area contributed by atoms with Crippen LogP contribution in [-0.4, -0.2) is 46.0 Å². The number of aromatic nitrogens is 4. The lowest BCUT2D eigenvalue weighted by Gasteiger charge is -2.15. The molecule has 27 heavy (non-hydrogen) atoms. The van der Waals surface area contributed by atoms with E-state index in [4.69, 9.17) is 4.42 Å². The van der Waals surface area contributed by atoms with Gasteiger partial charge in [0.05, 0.1) is 22.7 Å². The lowest BCUT2D eigenvalue weighted by molar-refractivity contribution is 0.439. The molecule has 0 saturated carbocycles. The van der Waals surface area contributed by atoms with Crippen molar-refractivity contribution < 1.29 is 17.2 Å². The molecule has 140 valence electrons. The Labute approximate surface area is 155 Å². The molecule has 4 rings (SSSR count). The number of rotatable bonds is 4. The summed E-state index contributed by atoms with van der Waals surface area (Å²) in [5.41, 5.74) is 1.24. The summed E-state index contributed by atoms with van der Waals surface area (Å²) in [6, 6.07) is 4.79. The molecule has 8 nitrogen and oxygen atoms in total. The van der Waals surface area contributed by atoms with Gasteiger partial charge in [0.15, 0.2) is 0 Å². The Kier molecular flexibility index (Phi) is 4.44. The molecule has 1 atom stereocenters. The summed E-state index contributed by atoms with van der Waals surface area (Å²) in [5.74, 6) is -0.0766. The predicted octanol–water partition coefficient (Wildman–Crippen LogP) is 2.15. The van der Waals surface area contributed by atoms with Crippen molar-refractivity contribution in [3.63, 3.8) is 0 Å². The first-order chi connectivity index (χ1) is 12.9. The van der Waals surface area contributed by atoms with Crippen molar-refractivity contribution in [2.75, 3.05) is 13.1 Å². The Hall–Kier alpha value is -2.72. The van der Waals surface area contributed by atoms with Crippen LogP contribution in [0.1, 0.15) is 23.9 Å². The van der Waals surface area contributed by atoms with Gasteiger partial charge in [0, 0.05) is 19.3 Å². The molecule has 1 aromatic carbocycles. The van der Waals surface area contributed by atoms with E-state index in [-0.39, 0.29) is 23.2 Å². The van der Waals surface area contributed by atoms with Crippen LogP contribution in [0.4, 0.5) is 4.39 Å². The van der Waals surface area contributed by atoms with Crippen molar-refractivity contribution in [3.8, 4) is 11.6 Å². The molecule has 0 aliphatic carbocycles. The fourth-order valence-corrected chi connectivity index (χ4v) is 4.41. The van der Waals surface area contributed by atoms with Crippen molar-refractivity contribution in [2.24, 2.45) is 0 Å². The van der Waals surface area contributed by atoms with Gasteiger partial charge in [0.1, 0.15) is 11.5 Å². The minimum atomic E-state index is -3.69. The fourth-order valence-electron chi connectivity index (χ4n) is 2.91. The van der Waals surface area contributed by atoms with Gasteiger partial charge < -0.3 is 4.42 Å². The predicted molar refractivity (Wildman–Crippen MR) is 92.6 cm³/mol. The van der Waals surface area contributed by atoms with Crippen LogP contribution in [0.5, 0.6) is 0 Å². The monoisotopic (exact) mass is 389 g/mol. The van der Waals surface area contributed by atoms with Crippen molar-refractivity contribution in [1.29, 1.82) is 0 Å². The summed E-state index contributed by atoms with van der Waals surface area (Å²) in [5, 5.41) is 8.03. The highest BCUT2D eigenvalue weighted by Crippen LogP contribution is 2.31. The number of sulfonamides is 1. The number of halogens is 1. The first kappa shape index (κ1) is 17.7. The van der Waals surface area contributed by atoms with Gasteiger partial charge in [-0.1, -0.05) is 0 Å². The molecule has 0 N–H and O–H groups in total. The van der Waals surface area contributed by atoms with Crippen molar-refractivity contribution in [3.05, 3.63) is 54.1 Å². The van der Waals surface area contributed by atoms with E-state index in [1.54, 1.807) is 12.4 Å². The molecule has 1 saturated heterocycles. The van der Waals surface area contributed by atoms with Gasteiger partial charge >= 0.3 is 0 Å². The molecular weight excluding hydrogens is 373 g/mol. The second kappa shape index (κ2) is 6.78. The van der Waals surface area contributed by atoms with E-state index in [9.17, 15) is 12.8 Å². The van der Waals surface area contributed by atoms with Crippen molar-refractivity contribution in [2.45, 2.75) is 24.2 Å². The molecule has 1 aliphatic rings. The summed E-state index contributed by atoms with van der Waals surface area (Å²) in [4.78, 5) is 8.40. The average molecular weight is 389 g/mol.